The molecule has 2 aromatic rings. The van der Waals surface area contributed by atoms with E-state index in [1.54, 1.807) is 0 Å². The van der Waals surface area contributed by atoms with Gasteiger partial charge in [0.15, 0.2) is 0 Å². The summed E-state index contributed by atoms with van der Waals surface area (Å²) in [6, 6.07) is 20.4. The number of nitrogens with zero attached hydrogens (tertiary/aromatic N) is 2. The molecule has 1 saturated heterocycles. The lowest BCUT2D eigenvalue weighted by molar-refractivity contribution is 0.0344. The Kier molecular flexibility index (Phi) is 6.62. The third-order valence-electron chi connectivity index (χ3n) is 4.31. The highest BCUT2D eigenvalue weighted by atomic mass is 16.5. The zero-order valence-corrected chi connectivity index (χ0v) is 14.8. The van der Waals surface area contributed by atoms with Gasteiger partial charge in [-0.2, -0.15) is 5.26 Å². The summed E-state index contributed by atoms with van der Waals surface area (Å²) in [7, 11) is 0. The lowest BCUT2D eigenvalue weighted by Crippen LogP contribution is -2.42. The lowest BCUT2D eigenvalue weighted by Gasteiger charge is -2.29. The van der Waals surface area contributed by atoms with E-state index < -0.39 is 0 Å². The quantitative estimate of drug-likeness (QED) is 0.798. The summed E-state index contributed by atoms with van der Waals surface area (Å²) in [6.07, 6.45) is 4.73. The van der Waals surface area contributed by atoms with E-state index in [0.717, 1.165) is 37.4 Å². The van der Waals surface area contributed by atoms with Crippen molar-refractivity contribution in [3.8, 4) is 17.9 Å². The summed E-state index contributed by atoms with van der Waals surface area (Å²) in [4.78, 5) is 2.35. The number of benzene rings is 2. The summed E-state index contributed by atoms with van der Waals surface area (Å²) < 4.78 is 5.47. The Balaban J connectivity index is 1.77. The molecule has 0 radical (unpaired) electrons. The van der Waals surface area contributed by atoms with E-state index in [9.17, 15) is 0 Å². The maximum atomic E-state index is 8.76. The Bertz CT molecular complexity index is 816. The molecule has 0 bridgehead atoms. The van der Waals surface area contributed by atoms with E-state index in [-0.39, 0.29) is 6.04 Å². The summed E-state index contributed by atoms with van der Waals surface area (Å²) >= 11 is 0. The Morgan fingerprint density at radius 2 is 1.77 bits per heavy atom. The average molecular weight is 342 g/mol. The molecule has 1 fully saturated rings. The van der Waals surface area contributed by atoms with Gasteiger partial charge in [0.1, 0.15) is 0 Å². The van der Waals surface area contributed by atoms with Crippen LogP contribution in [-0.2, 0) is 11.2 Å². The predicted molar refractivity (Wildman–Crippen MR) is 104 cm³/mol. The minimum Gasteiger partial charge on any atom is -0.379 e. The van der Waals surface area contributed by atoms with Gasteiger partial charge in [-0.1, -0.05) is 66.5 Å². The Labute approximate surface area is 155 Å². The molecule has 1 aliphatic rings. The molecule has 1 heterocycles. The number of hydrogen-bond acceptors (Lipinski definition) is 3. The van der Waals surface area contributed by atoms with Crippen molar-refractivity contribution in [2.24, 2.45) is 0 Å². The normalized spacial score (nSPS) is 15.8. The van der Waals surface area contributed by atoms with Gasteiger partial charge in [0.2, 0.25) is 0 Å². The number of nitriles is 1. The van der Waals surface area contributed by atoms with Crippen molar-refractivity contribution in [2.75, 3.05) is 26.3 Å². The second-order valence-electron chi connectivity index (χ2n) is 6.16. The predicted octanol–water partition coefficient (Wildman–Crippen LogP) is 3.52. The highest BCUT2D eigenvalue weighted by molar-refractivity contribution is 5.51. The van der Waals surface area contributed by atoms with E-state index in [2.05, 4.69) is 47.1 Å². The van der Waals surface area contributed by atoms with Crippen molar-refractivity contribution in [2.45, 2.75) is 12.5 Å². The molecule has 0 aromatic heterocycles. The van der Waals surface area contributed by atoms with Crippen molar-refractivity contribution in [1.82, 2.24) is 4.90 Å². The highest BCUT2D eigenvalue weighted by Crippen LogP contribution is 2.10. The van der Waals surface area contributed by atoms with E-state index in [4.69, 9.17) is 10.00 Å². The fourth-order valence-corrected chi connectivity index (χ4v) is 2.84. The van der Waals surface area contributed by atoms with Crippen LogP contribution in [0.25, 0.3) is 6.08 Å². The molecule has 0 spiro atoms. The molecule has 2 aromatic carbocycles. The van der Waals surface area contributed by atoms with E-state index >= 15 is 0 Å². The maximum absolute atomic E-state index is 8.76. The van der Waals surface area contributed by atoms with Crippen LogP contribution in [0.15, 0.2) is 60.7 Å². The second kappa shape index (κ2) is 9.59. The Morgan fingerprint density at radius 1 is 1.04 bits per heavy atom. The van der Waals surface area contributed by atoms with Crippen molar-refractivity contribution in [3.05, 3.63) is 77.4 Å². The molecule has 3 heteroatoms. The van der Waals surface area contributed by atoms with Gasteiger partial charge in [-0.15, -0.1) is 0 Å². The molecule has 1 unspecified atom stereocenters. The van der Waals surface area contributed by atoms with Gasteiger partial charge < -0.3 is 4.74 Å². The molecule has 26 heavy (non-hydrogen) atoms. The summed E-state index contributed by atoms with van der Waals surface area (Å²) in [5.74, 6) is 6.68. The standard InChI is InChI=1S/C23H22N2O/c24-15-14-22-8-6-21(7-9-22)11-13-23(25-16-18-26-19-17-25)12-10-20-4-2-1-3-5-20/h1-10,12,23H,14,16-19H2. The molecule has 1 aliphatic heterocycles. The molecule has 3 rings (SSSR count). The fraction of sp³-hybridized carbons (Fsp3) is 0.261. The smallest absolute Gasteiger partial charge is 0.0909 e. The highest BCUT2D eigenvalue weighted by Gasteiger charge is 2.16. The molecule has 0 amide bonds. The van der Waals surface area contributed by atoms with Gasteiger partial charge in [0, 0.05) is 18.7 Å². The van der Waals surface area contributed by atoms with Gasteiger partial charge in [-0.25, -0.2) is 0 Å². The van der Waals surface area contributed by atoms with Gasteiger partial charge in [-0.05, 0) is 23.3 Å². The first-order valence-corrected chi connectivity index (χ1v) is 8.87. The van der Waals surface area contributed by atoms with Crippen LogP contribution in [0.2, 0.25) is 0 Å². The van der Waals surface area contributed by atoms with Crippen molar-refractivity contribution in [1.29, 1.82) is 5.26 Å². The van der Waals surface area contributed by atoms with Crippen LogP contribution < -0.4 is 0 Å². The van der Waals surface area contributed by atoms with Crippen LogP contribution in [0.1, 0.15) is 16.7 Å². The Morgan fingerprint density at radius 3 is 2.46 bits per heavy atom. The van der Waals surface area contributed by atoms with Gasteiger partial charge in [-0.3, -0.25) is 4.90 Å². The first-order valence-electron chi connectivity index (χ1n) is 8.87. The zero-order valence-electron chi connectivity index (χ0n) is 14.8. The first kappa shape index (κ1) is 18.0. The van der Waals surface area contributed by atoms with Crippen LogP contribution in [-0.4, -0.2) is 37.2 Å². The Hall–Kier alpha value is -2.85. The number of ether oxygens (including phenoxy) is 1. The molecule has 1 atom stereocenters. The maximum Gasteiger partial charge on any atom is 0.0909 e. The van der Waals surface area contributed by atoms with Crippen molar-refractivity contribution >= 4 is 6.08 Å². The topological polar surface area (TPSA) is 36.3 Å². The van der Waals surface area contributed by atoms with Crippen LogP contribution >= 0.6 is 0 Å². The van der Waals surface area contributed by atoms with E-state index in [1.807, 2.05) is 42.5 Å². The van der Waals surface area contributed by atoms with Crippen LogP contribution in [0.4, 0.5) is 0 Å². The van der Waals surface area contributed by atoms with Crippen molar-refractivity contribution < 1.29 is 4.74 Å². The SMILES string of the molecule is N#CCc1ccc(C#CC(C=Cc2ccccc2)N2CCOCC2)cc1. The molecule has 0 N–H and O–H groups in total. The van der Waals surface area contributed by atoms with Gasteiger partial charge >= 0.3 is 0 Å². The van der Waals surface area contributed by atoms with Crippen LogP contribution in [0.3, 0.4) is 0 Å². The first-order chi connectivity index (χ1) is 12.8. The largest absolute Gasteiger partial charge is 0.379 e. The molecular formula is C23H22N2O. The van der Waals surface area contributed by atoms with Gasteiger partial charge in [0.25, 0.3) is 0 Å². The molecule has 130 valence electrons. The number of rotatable bonds is 4. The average Bonchev–Trinajstić information content (AvgIpc) is 2.71. The number of morpholine rings is 1. The van der Waals surface area contributed by atoms with Crippen LogP contribution in [0, 0.1) is 23.2 Å². The minimum absolute atomic E-state index is 0.0536. The third kappa shape index (κ3) is 5.33. The summed E-state index contributed by atoms with van der Waals surface area (Å²) in [5, 5.41) is 8.76. The number of hydrogen-bond donors (Lipinski definition) is 0. The van der Waals surface area contributed by atoms with Crippen molar-refractivity contribution in [3.63, 3.8) is 0 Å². The van der Waals surface area contributed by atoms with Crippen LogP contribution in [0.5, 0.6) is 0 Å². The molecular weight excluding hydrogens is 320 g/mol. The van der Waals surface area contributed by atoms with Gasteiger partial charge in [0.05, 0.1) is 31.7 Å². The monoisotopic (exact) mass is 342 g/mol. The molecule has 0 aliphatic carbocycles. The van der Waals surface area contributed by atoms with E-state index in [0.29, 0.717) is 6.42 Å². The summed E-state index contributed by atoms with van der Waals surface area (Å²) in [5.41, 5.74) is 3.17. The second-order valence-corrected chi connectivity index (χ2v) is 6.16. The third-order valence-corrected chi connectivity index (χ3v) is 4.31. The lowest BCUT2D eigenvalue weighted by atomic mass is 10.1. The minimum atomic E-state index is 0.0536. The molecule has 3 nitrogen and oxygen atoms in total. The van der Waals surface area contributed by atoms with E-state index in [1.165, 1.54) is 5.56 Å². The molecule has 0 saturated carbocycles. The fourth-order valence-electron chi connectivity index (χ4n) is 2.84. The zero-order chi connectivity index (χ0) is 18.0. The summed E-state index contributed by atoms with van der Waals surface area (Å²) in [6.45, 7) is 3.28.